The smallest absolute Gasteiger partial charge is 0.243 e. The van der Waals surface area contributed by atoms with Crippen molar-refractivity contribution in [3.05, 3.63) is 30.4 Å². The minimum absolute atomic E-state index is 0.0300. The van der Waals surface area contributed by atoms with Crippen molar-refractivity contribution in [3.8, 4) is 5.75 Å². The summed E-state index contributed by atoms with van der Waals surface area (Å²) in [6.45, 7) is 12.4. The molecule has 0 aromatic heterocycles. The summed E-state index contributed by atoms with van der Waals surface area (Å²) in [5, 5.41) is 3.05. The van der Waals surface area contributed by atoms with E-state index in [0.29, 0.717) is 57.4 Å². The molecule has 0 spiro atoms. The molecule has 1 aliphatic rings. The highest BCUT2D eigenvalue weighted by Gasteiger charge is 2.27. The first kappa shape index (κ1) is 23.2. The van der Waals surface area contributed by atoms with Gasteiger partial charge in [0.2, 0.25) is 15.9 Å². The molecule has 162 valence electrons. The number of hydrogen-bond donors (Lipinski definition) is 1. The highest BCUT2D eigenvalue weighted by Crippen LogP contribution is 2.29. The number of nitrogens with one attached hydrogen (secondary N) is 1. The van der Waals surface area contributed by atoms with Crippen LogP contribution >= 0.6 is 0 Å². The van der Waals surface area contributed by atoms with Crippen molar-refractivity contribution < 1.29 is 22.7 Å². The van der Waals surface area contributed by atoms with Crippen LogP contribution in [0.2, 0.25) is 0 Å². The van der Waals surface area contributed by atoms with Gasteiger partial charge in [-0.05, 0) is 39.0 Å². The van der Waals surface area contributed by atoms with Gasteiger partial charge >= 0.3 is 0 Å². The van der Waals surface area contributed by atoms with Crippen LogP contribution in [0.1, 0.15) is 20.8 Å². The number of sulfonamides is 1. The zero-order chi connectivity index (χ0) is 21.4. The second-order valence-corrected chi connectivity index (χ2v) is 8.76. The van der Waals surface area contributed by atoms with Gasteiger partial charge in [0.1, 0.15) is 5.75 Å². The third-order valence-electron chi connectivity index (χ3n) is 4.48. The first-order valence-corrected chi connectivity index (χ1v) is 11.2. The van der Waals surface area contributed by atoms with Gasteiger partial charge < -0.3 is 19.7 Å². The second-order valence-electron chi connectivity index (χ2n) is 6.83. The van der Waals surface area contributed by atoms with Crippen LogP contribution in [0.3, 0.4) is 0 Å². The van der Waals surface area contributed by atoms with E-state index in [2.05, 4.69) is 11.9 Å². The SMILES string of the molecule is C=C(C)CN(CC)C(=O)CNc1cc(S(=O)(=O)N2CCOCC2)ccc1OCC. The van der Waals surface area contributed by atoms with E-state index in [4.69, 9.17) is 9.47 Å². The average Bonchev–Trinajstić information content (AvgIpc) is 2.71. The Morgan fingerprint density at radius 3 is 2.59 bits per heavy atom. The highest BCUT2D eigenvalue weighted by atomic mass is 32.2. The van der Waals surface area contributed by atoms with Crippen LogP contribution in [-0.4, -0.2) is 76.1 Å². The molecular weight excluding hydrogens is 394 g/mol. The Balaban J connectivity index is 2.21. The van der Waals surface area contributed by atoms with Gasteiger partial charge in [-0.25, -0.2) is 8.42 Å². The summed E-state index contributed by atoms with van der Waals surface area (Å²) >= 11 is 0. The Kier molecular flexibility index (Phi) is 8.48. The molecule has 1 aromatic rings. The minimum Gasteiger partial charge on any atom is -0.492 e. The van der Waals surface area contributed by atoms with Gasteiger partial charge in [0.25, 0.3) is 0 Å². The van der Waals surface area contributed by atoms with Crippen molar-refractivity contribution >= 4 is 21.6 Å². The minimum atomic E-state index is -3.64. The summed E-state index contributed by atoms with van der Waals surface area (Å²) in [5.74, 6) is 0.406. The van der Waals surface area contributed by atoms with E-state index in [1.807, 2.05) is 20.8 Å². The summed E-state index contributed by atoms with van der Waals surface area (Å²) < 4.78 is 38.1. The molecule has 29 heavy (non-hydrogen) atoms. The fourth-order valence-electron chi connectivity index (χ4n) is 3.01. The van der Waals surface area contributed by atoms with Gasteiger partial charge in [-0.1, -0.05) is 12.2 Å². The molecule has 0 unspecified atom stereocenters. The molecule has 1 saturated heterocycles. The van der Waals surface area contributed by atoms with Crippen LogP contribution in [0.4, 0.5) is 5.69 Å². The first-order valence-electron chi connectivity index (χ1n) is 9.80. The quantitative estimate of drug-likeness (QED) is 0.577. The lowest BCUT2D eigenvalue weighted by Gasteiger charge is -2.26. The van der Waals surface area contributed by atoms with Crippen LogP contribution < -0.4 is 10.1 Å². The summed E-state index contributed by atoms with van der Waals surface area (Å²) in [4.78, 5) is 14.4. The Hall–Kier alpha value is -2.10. The zero-order valence-electron chi connectivity index (χ0n) is 17.4. The molecule has 1 heterocycles. The van der Waals surface area contributed by atoms with E-state index in [1.165, 1.54) is 16.4 Å². The monoisotopic (exact) mass is 425 g/mol. The third-order valence-corrected chi connectivity index (χ3v) is 6.38. The Bertz CT molecular complexity index is 819. The lowest BCUT2D eigenvalue weighted by molar-refractivity contribution is -0.128. The molecule has 1 N–H and O–H groups in total. The molecule has 0 radical (unpaired) electrons. The van der Waals surface area contributed by atoms with E-state index in [-0.39, 0.29) is 17.3 Å². The molecule has 1 aliphatic heterocycles. The number of hydrogen-bond acceptors (Lipinski definition) is 6. The fourth-order valence-corrected chi connectivity index (χ4v) is 4.44. The first-order chi connectivity index (χ1) is 13.8. The number of ether oxygens (including phenoxy) is 2. The van der Waals surface area contributed by atoms with Crippen LogP contribution in [-0.2, 0) is 19.6 Å². The number of anilines is 1. The van der Waals surface area contributed by atoms with Gasteiger partial charge in [-0.2, -0.15) is 4.31 Å². The maximum Gasteiger partial charge on any atom is 0.243 e. The van der Waals surface area contributed by atoms with E-state index < -0.39 is 10.0 Å². The van der Waals surface area contributed by atoms with E-state index >= 15 is 0 Å². The van der Waals surface area contributed by atoms with E-state index in [0.717, 1.165) is 5.57 Å². The number of rotatable bonds is 10. The third kappa shape index (κ3) is 6.19. The van der Waals surface area contributed by atoms with Gasteiger partial charge in [-0.3, -0.25) is 4.79 Å². The van der Waals surface area contributed by atoms with Crippen molar-refractivity contribution in [2.45, 2.75) is 25.7 Å². The standard InChI is InChI=1S/C20H31N3O5S/c1-5-22(15-16(3)4)20(24)14-21-18-13-17(7-8-19(18)28-6-2)29(25,26)23-9-11-27-12-10-23/h7-8,13,21H,3,5-6,9-12,14-15H2,1-2,4H3. The summed E-state index contributed by atoms with van der Waals surface area (Å²) in [6, 6.07) is 4.68. The molecule has 0 bridgehead atoms. The zero-order valence-corrected chi connectivity index (χ0v) is 18.3. The molecule has 2 rings (SSSR count). The highest BCUT2D eigenvalue weighted by molar-refractivity contribution is 7.89. The van der Waals surface area contributed by atoms with Gasteiger partial charge in [0, 0.05) is 26.2 Å². The molecular formula is C20H31N3O5S. The fraction of sp³-hybridized carbons (Fsp3) is 0.550. The molecule has 1 aromatic carbocycles. The van der Waals surface area contributed by atoms with E-state index in [9.17, 15) is 13.2 Å². The van der Waals surface area contributed by atoms with Crippen molar-refractivity contribution in [2.24, 2.45) is 0 Å². The van der Waals surface area contributed by atoms with Gasteiger partial charge in [0.15, 0.2) is 0 Å². The maximum atomic E-state index is 12.9. The number of morpholine rings is 1. The second kappa shape index (κ2) is 10.6. The van der Waals surface area contributed by atoms with Crippen molar-refractivity contribution in [2.75, 3.05) is 57.9 Å². The van der Waals surface area contributed by atoms with Crippen molar-refractivity contribution in [1.82, 2.24) is 9.21 Å². The lowest BCUT2D eigenvalue weighted by atomic mass is 10.2. The van der Waals surface area contributed by atoms with Crippen molar-refractivity contribution in [1.29, 1.82) is 0 Å². The number of nitrogens with zero attached hydrogens (tertiary/aromatic N) is 2. The van der Waals surface area contributed by atoms with Gasteiger partial charge in [-0.15, -0.1) is 0 Å². The number of carbonyl (C=O) groups excluding carboxylic acids is 1. The molecule has 1 amide bonds. The molecule has 0 atom stereocenters. The molecule has 1 fully saturated rings. The predicted molar refractivity (Wildman–Crippen MR) is 113 cm³/mol. The maximum absolute atomic E-state index is 12.9. The number of amides is 1. The molecule has 0 saturated carbocycles. The van der Waals surface area contributed by atoms with Crippen LogP contribution in [0.5, 0.6) is 5.75 Å². The molecule has 0 aliphatic carbocycles. The number of benzene rings is 1. The predicted octanol–water partition coefficient (Wildman–Crippen LogP) is 1.94. The largest absolute Gasteiger partial charge is 0.492 e. The topological polar surface area (TPSA) is 88.2 Å². The normalized spacial score (nSPS) is 15.0. The Labute approximate surface area is 173 Å². The van der Waals surface area contributed by atoms with E-state index in [1.54, 1.807) is 11.0 Å². The Morgan fingerprint density at radius 1 is 1.31 bits per heavy atom. The summed E-state index contributed by atoms with van der Waals surface area (Å²) in [5.41, 5.74) is 1.37. The average molecular weight is 426 g/mol. The van der Waals surface area contributed by atoms with Gasteiger partial charge in [0.05, 0.1) is 36.9 Å². The number of likely N-dealkylation sites (N-methyl/N-ethyl adjacent to an activating group) is 1. The lowest BCUT2D eigenvalue weighted by Crippen LogP contribution is -2.40. The Morgan fingerprint density at radius 2 is 2.00 bits per heavy atom. The molecule has 9 heteroatoms. The van der Waals surface area contributed by atoms with Crippen LogP contribution in [0.25, 0.3) is 0 Å². The summed E-state index contributed by atoms with van der Waals surface area (Å²) in [6.07, 6.45) is 0. The van der Waals surface area contributed by atoms with Crippen molar-refractivity contribution in [3.63, 3.8) is 0 Å². The van der Waals surface area contributed by atoms with Crippen LogP contribution in [0.15, 0.2) is 35.2 Å². The number of carbonyl (C=O) groups is 1. The molecule has 8 nitrogen and oxygen atoms in total. The van der Waals surface area contributed by atoms with Crippen LogP contribution in [0, 0.1) is 0 Å². The summed E-state index contributed by atoms with van der Waals surface area (Å²) in [7, 11) is -3.64.